The van der Waals surface area contributed by atoms with Crippen molar-refractivity contribution < 1.29 is 19.4 Å². The van der Waals surface area contributed by atoms with Crippen LogP contribution in [0.2, 0.25) is 0 Å². The zero-order valence-electron chi connectivity index (χ0n) is 17.1. The predicted octanol–water partition coefficient (Wildman–Crippen LogP) is 4.62. The summed E-state index contributed by atoms with van der Waals surface area (Å²) in [6.45, 7) is 3.86. The zero-order valence-corrected chi connectivity index (χ0v) is 17.1. The van der Waals surface area contributed by atoms with Gasteiger partial charge in [0.2, 0.25) is 0 Å². The van der Waals surface area contributed by atoms with E-state index < -0.39 is 33.0 Å². The molecule has 0 saturated carbocycles. The van der Waals surface area contributed by atoms with E-state index in [0.717, 1.165) is 29.3 Å². The molecule has 10 nitrogen and oxygen atoms in total. The molecule has 0 aliphatic heterocycles. The van der Waals surface area contributed by atoms with Crippen LogP contribution in [0.5, 0.6) is 0 Å². The number of nitrogens with one attached hydrogen (secondary N) is 2. The van der Waals surface area contributed by atoms with Gasteiger partial charge in [0.05, 0.1) is 32.7 Å². The Morgan fingerprint density at radius 1 is 0.750 bits per heavy atom. The van der Waals surface area contributed by atoms with Crippen LogP contribution in [-0.4, -0.2) is 21.7 Å². The van der Waals surface area contributed by atoms with Crippen LogP contribution in [-0.2, 0) is 0 Å². The van der Waals surface area contributed by atoms with Gasteiger partial charge in [-0.05, 0) is 49.2 Å². The molecular formula is C22H18N4O6. The maximum Gasteiger partial charge on any atom is 0.277 e. The molecule has 0 aromatic heterocycles. The first-order valence-electron chi connectivity index (χ1n) is 9.38. The summed E-state index contributed by atoms with van der Waals surface area (Å²) in [5.41, 5.74) is 1.48. The molecule has 0 saturated heterocycles. The van der Waals surface area contributed by atoms with Gasteiger partial charge in [-0.3, -0.25) is 29.8 Å². The minimum Gasteiger partial charge on any atom is -0.322 e. The number of nitro benzene ring substituents is 2. The van der Waals surface area contributed by atoms with Crippen LogP contribution >= 0.6 is 0 Å². The summed E-state index contributed by atoms with van der Waals surface area (Å²) in [4.78, 5) is 46.0. The SMILES string of the molecule is Cc1ccc(NC(=O)c2ccccc2NC(=O)c2cc([N+](=O)[O-])cc([N+](=O)[O-])c2)cc1C. The molecule has 3 aromatic carbocycles. The summed E-state index contributed by atoms with van der Waals surface area (Å²) in [6.07, 6.45) is 0. The summed E-state index contributed by atoms with van der Waals surface area (Å²) in [7, 11) is 0. The molecule has 3 aromatic rings. The third-order valence-electron chi connectivity index (χ3n) is 4.77. The van der Waals surface area contributed by atoms with Crippen LogP contribution in [0.4, 0.5) is 22.7 Å². The molecule has 32 heavy (non-hydrogen) atoms. The number of hydrogen-bond donors (Lipinski definition) is 2. The molecule has 0 aliphatic carbocycles. The number of amides is 2. The lowest BCUT2D eigenvalue weighted by Crippen LogP contribution is -2.18. The molecule has 0 heterocycles. The number of carbonyl (C=O) groups is 2. The van der Waals surface area contributed by atoms with Crippen molar-refractivity contribution in [1.29, 1.82) is 0 Å². The first-order valence-corrected chi connectivity index (χ1v) is 9.38. The Hall–Kier alpha value is -4.60. The Bertz CT molecular complexity index is 1220. The Balaban J connectivity index is 1.88. The van der Waals surface area contributed by atoms with Crippen molar-refractivity contribution in [1.82, 2.24) is 0 Å². The number of carbonyl (C=O) groups excluding carboxylic acids is 2. The van der Waals surface area contributed by atoms with Crippen LogP contribution in [0, 0.1) is 34.1 Å². The standard InChI is InChI=1S/C22H18N4O6/c1-13-7-8-16(9-14(13)2)23-22(28)19-5-3-4-6-20(19)24-21(27)15-10-17(25(29)30)12-18(11-15)26(31)32/h3-12H,1-2H3,(H,23,28)(H,24,27). The van der Waals surface area contributed by atoms with E-state index in [0.29, 0.717) is 5.69 Å². The average Bonchev–Trinajstić information content (AvgIpc) is 2.76. The lowest BCUT2D eigenvalue weighted by molar-refractivity contribution is -0.394. The van der Waals surface area contributed by atoms with Gasteiger partial charge in [-0.1, -0.05) is 18.2 Å². The van der Waals surface area contributed by atoms with Crippen molar-refractivity contribution in [3.63, 3.8) is 0 Å². The van der Waals surface area contributed by atoms with Gasteiger partial charge in [-0.15, -0.1) is 0 Å². The maximum absolute atomic E-state index is 12.8. The Morgan fingerprint density at radius 2 is 1.38 bits per heavy atom. The van der Waals surface area contributed by atoms with E-state index in [1.165, 1.54) is 12.1 Å². The van der Waals surface area contributed by atoms with Gasteiger partial charge >= 0.3 is 0 Å². The first-order chi connectivity index (χ1) is 15.2. The second-order valence-corrected chi connectivity index (χ2v) is 7.01. The smallest absolute Gasteiger partial charge is 0.277 e. The fraction of sp³-hybridized carbons (Fsp3) is 0.0909. The Kier molecular flexibility index (Phi) is 6.24. The van der Waals surface area contributed by atoms with Gasteiger partial charge in [-0.2, -0.15) is 0 Å². The molecular weight excluding hydrogens is 416 g/mol. The fourth-order valence-corrected chi connectivity index (χ4v) is 2.94. The molecule has 2 amide bonds. The summed E-state index contributed by atoms with van der Waals surface area (Å²) in [5, 5.41) is 27.4. The van der Waals surface area contributed by atoms with Crippen LogP contribution < -0.4 is 10.6 Å². The molecule has 0 spiro atoms. The van der Waals surface area contributed by atoms with Crippen LogP contribution in [0.3, 0.4) is 0 Å². The van der Waals surface area contributed by atoms with Crippen LogP contribution in [0.15, 0.2) is 60.7 Å². The predicted molar refractivity (Wildman–Crippen MR) is 118 cm³/mol. The highest BCUT2D eigenvalue weighted by Crippen LogP contribution is 2.25. The number of nitrogens with zero attached hydrogens (tertiary/aromatic N) is 2. The second-order valence-electron chi connectivity index (χ2n) is 7.01. The van der Waals surface area contributed by atoms with Crippen LogP contribution in [0.1, 0.15) is 31.8 Å². The normalized spacial score (nSPS) is 10.3. The number of para-hydroxylation sites is 1. The van der Waals surface area contributed by atoms with Crippen LogP contribution in [0.25, 0.3) is 0 Å². The minimum absolute atomic E-state index is 0.146. The van der Waals surface area contributed by atoms with E-state index in [9.17, 15) is 29.8 Å². The molecule has 0 fully saturated rings. The lowest BCUT2D eigenvalue weighted by Gasteiger charge is -2.12. The number of non-ortho nitro benzene ring substituents is 2. The maximum atomic E-state index is 12.8. The van der Waals surface area contributed by atoms with Gasteiger partial charge in [0.25, 0.3) is 23.2 Å². The largest absolute Gasteiger partial charge is 0.322 e. The van der Waals surface area contributed by atoms with Gasteiger partial charge in [0, 0.05) is 17.8 Å². The molecule has 0 atom stereocenters. The summed E-state index contributed by atoms with van der Waals surface area (Å²) >= 11 is 0. The first kappa shape index (κ1) is 22.1. The highest BCUT2D eigenvalue weighted by atomic mass is 16.6. The van der Waals surface area contributed by atoms with E-state index in [2.05, 4.69) is 10.6 Å². The van der Waals surface area contributed by atoms with Crippen molar-refractivity contribution in [3.05, 3.63) is 103 Å². The second kappa shape index (κ2) is 9.04. The molecule has 2 N–H and O–H groups in total. The van der Waals surface area contributed by atoms with E-state index in [4.69, 9.17) is 0 Å². The number of benzene rings is 3. The number of nitro groups is 2. The molecule has 0 unspecified atom stereocenters. The third-order valence-corrected chi connectivity index (χ3v) is 4.77. The minimum atomic E-state index is -0.830. The highest BCUT2D eigenvalue weighted by molar-refractivity contribution is 6.12. The average molecular weight is 434 g/mol. The summed E-state index contributed by atoms with van der Waals surface area (Å²) in [5.74, 6) is -1.31. The van der Waals surface area contributed by atoms with Crippen molar-refractivity contribution in [2.24, 2.45) is 0 Å². The molecule has 162 valence electrons. The fourth-order valence-electron chi connectivity index (χ4n) is 2.94. The van der Waals surface area contributed by atoms with Gasteiger partial charge in [0.1, 0.15) is 0 Å². The number of anilines is 2. The quantitative estimate of drug-likeness (QED) is 0.428. The molecule has 0 radical (unpaired) electrons. The van der Waals surface area contributed by atoms with Crippen molar-refractivity contribution in [2.75, 3.05) is 10.6 Å². The molecule has 0 bridgehead atoms. The Morgan fingerprint density at radius 3 is 1.97 bits per heavy atom. The monoisotopic (exact) mass is 434 g/mol. The summed E-state index contributed by atoms with van der Waals surface area (Å²) < 4.78 is 0. The zero-order chi connectivity index (χ0) is 23.4. The highest BCUT2D eigenvalue weighted by Gasteiger charge is 2.21. The molecule has 3 rings (SSSR count). The number of rotatable bonds is 6. The van der Waals surface area contributed by atoms with Crippen molar-refractivity contribution in [2.45, 2.75) is 13.8 Å². The van der Waals surface area contributed by atoms with E-state index >= 15 is 0 Å². The van der Waals surface area contributed by atoms with Gasteiger partial charge in [0.15, 0.2) is 0 Å². The number of aryl methyl sites for hydroxylation is 2. The van der Waals surface area contributed by atoms with Crippen molar-refractivity contribution >= 4 is 34.6 Å². The number of hydrogen-bond acceptors (Lipinski definition) is 6. The third kappa shape index (κ3) is 4.93. The lowest BCUT2D eigenvalue weighted by atomic mass is 10.1. The van der Waals surface area contributed by atoms with E-state index in [1.807, 2.05) is 26.0 Å². The Labute approximate surface area is 182 Å². The van der Waals surface area contributed by atoms with Crippen molar-refractivity contribution in [3.8, 4) is 0 Å². The molecule has 10 heteroatoms. The van der Waals surface area contributed by atoms with E-state index in [1.54, 1.807) is 18.2 Å². The summed E-state index contributed by atoms with van der Waals surface area (Å²) in [6, 6.07) is 14.3. The van der Waals surface area contributed by atoms with E-state index in [-0.39, 0.29) is 16.8 Å². The topological polar surface area (TPSA) is 144 Å². The molecule has 0 aliphatic rings. The van der Waals surface area contributed by atoms with Gasteiger partial charge < -0.3 is 10.6 Å². The van der Waals surface area contributed by atoms with Gasteiger partial charge in [-0.25, -0.2) is 0 Å².